The minimum atomic E-state index is -2.35. The first-order valence-electron chi connectivity index (χ1n) is 3.30. The van der Waals surface area contributed by atoms with Crippen LogP contribution in [0.2, 0.25) is 0 Å². The lowest BCUT2D eigenvalue weighted by Gasteiger charge is -2.13. The molecule has 0 saturated carbocycles. The Morgan fingerprint density at radius 3 is 2.83 bits per heavy atom. The van der Waals surface area contributed by atoms with Crippen LogP contribution in [0.15, 0.2) is 6.20 Å². The summed E-state index contributed by atoms with van der Waals surface area (Å²) in [5.74, 6) is 0. The molecule has 0 bridgehead atoms. The van der Waals surface area contributed by atoms with Gasteiger partial charge in [0.15, 0.2) is 5.13 Å². The maximum Gasteiger partial charge on any atom is 0.255 e. The summed E-state index contributed by atoms with van der Waals surface area (Å²) in [6.07, 6.45) is -0.887. The SMILES string of the molecule is CN(CC(F)F)c1ncc(N)s1. The highest BCUT2D eigenvalue weighted by molar-refractivity contribution is 7.19. The number of nitrogen functional groups attached to an aromatic ring is 1. The molecular weight excluding hydrogens is 184 g/mol. The van der Waals surface area contributed by atoms with Crippen molar-refractivity contribution in [2.45, 2.75) is 6.43 Å². The van der Waals surface area contributed by atoms with Crippen LogP contribution in [-0.4, -0.2) is 25.0 Å². The number of aromatic nitrogens is 1. The molecular formula is C6H9F2N3S. The average molecular weight is 193 g/mol. The largest absolute Gasteiger partial charge is 0.389 e. The zero-order valence-corrected chi connectivity index (χ0v) is 7.31. The minimum Gasteiger partial charge on any atom is -0.389 e. The van der Waals surface area contributed by atoms with E-state index in [1.54, 1.807) is 7.05 Å². The molecule has 1 heterocycles. The van der Waals surface area contributed by atoms with Crippen LogP contribution in [0.4, 0.5) is 18.9 Å². The Kier molecular flexibility index (Phi) is 2.80. The van der Waals surface area contributed by atoms with E-state index in [-0.39, 0.29) is 6.54 Å². The van der Waals surface area contributed by atoms with Gasteiger partial charge in [-0.15, -0.1) is 0 Å². The second-order valence-electron chi connectivity index (χ2n) is 2.32. The Morgan fingerprint density at radius 2 is 2.42 bits per heavy atom. The van der Waals surface area contributed by atoms with E-state index in [0.717, 1.165) is 0 Å². The van der Waals surface area contributed by atoms with Gasteiger partial charge in [0, 0.05) is 7.05 Å². The molecule has 1 aromatic heterocycles. The van der Waals surface area contributed by atoms with Crippen molar-refractivity contribution in [1.29, 1.82) is 0 Å². The Labute approximate surface area is 72.8 Å². The van der Waals surface area contributed by atoms with Gasteiger partial charge in [-0.1, -0.05) is 11.3 Å². The van der Waals surface area contributed by atoms with Crippen molar-refractivity contribution in [3.05, 3.63) is 6.20 Å². The molecule has 0 atom stereocenters. The summed E-state index contributed by atoms with van der Waals surface area (Å²) < 4.78 is 23.8. The summed E-state index contributed by atoms with van der Waals surface area (Å²) in [6.45, 7) is -0.313. The van der Waals surface area contributed by atoms with E-state index in [1.165, 1.54) is 22.4 Å². The first-order valence-corrected chi connectivity index (χ1v) is 4.12. The quantitative estimate of drug-likeness (QED) is 0.789. The Morgan fingerprint density at radius 1 is 1.75 bits per heavy atom. The van der Waals surface area contributed by atoms with Gasteiger partial charge in [0.2, 0.25) is 0 Å². The monoisotopic (exact) mass is 193 g/mol. The van der Waals surface area contributed by atoms with Crippen molar-refractivity contribution in [2.75, 3.05) is 24.2 Å². The standard InChI is InChI=1S/C6H9F2N3S/c1-11(3-4(7)8)6-10-2-5(9)12-6/h2,4H,3,9H2,1H3. The van der Waals surface area contributed by atoms with Crippen molar-refractivity contribution >= 4 is 21.5 Å². The average Bonchev–Trinajstić information content (AvgIpc) is 2.34. The molecule has 0 amide bonds. The van der Waals surface area contributed by atoms with Crippen LogP contribution in [0.3, 0.4) is 0 Å². The van der Waals surface area contributed by atoms with Crippen molar-refractivity contribution in [3.63, 3.8) is 0 Å². The van der Waals surface area contributed by atoms with Gasteiger partial charge in [-0.3, -0.25) is 0 Å². The first kappa shape index (κ1) is 9.18. The lowest BCUT2D eigenvalue weighted by atomic mass is 10.6. The molecule has 0 saturated heterocycles. The Hall–Kier alpha value is -0.910. The normalized spacial score (nSPS) is 10.7. The fourth-order valence-electron chi connectivity index (χ4n) is 0.739. The summed E-state index contributed by atoms with van der Waals surface area (Å²) in [7, 11) is 1.56. The Bertz CT molecular complexity index is 251. The molecule has 68 valence electrons. The fraction of sp³-hybridized carbons (Fsp3) is 0.500. The topological polar surface area (TPSA) is 42.2 Å². The zero-order valence-electron chi connectivity index (χ0n) is 6.50. The molecule has 0 aliphatic rings. The van der Waals surface area contributed by atoms with Crippen molar-refractivity contribution in [3.8, 4) is 0 Å². The van der Waals surface area contributed by atoms with Crippen LogP contribution < -0.4 is 10.6 Å². The smallest absolute Gasteiger partial charge is 0.255 e. The van der Waals surface area contributed by atoms with Gasteiger partial charge >= 0.3 is 0 Å². The third-order valence-electron chi connectivity index (χ3n) is 1.25. The van der Waals surface area contributed by atoms with Crippen LogP contribution in [0.25, 0.3) is 0 Å². The zero-order chi connectivity index (χ0) is 9.14. The predicted molar refractivity (Wildman–Crippen MR) is 45.8 cm³/mol. The number of hydrogen-bond acceptors (Lipinski definition) is 4. The molecule has 0 radical (unpaired) electrons. The van der Waals surface area contributed by atoms with E-state index < -0.39 is 6.43 Å². The fourth-order valence-corrected chi connectivity index (χ4v) is 1.39. The third kappa shape index (κ3) is 2.30. The third-order valence-corrected chi connectivity index (χ3v) is 2.19. The molecule has 0 aliphatic heterocycles. The lowest BCUT2D eigenvalue weighted by Crippen LogP contribution is -2.23. The lowest BCUT2D eigenvalue weighted by molar-refractivity contribution is 0.156. The molecule has 12 heavy (non-hydrogen) atoms. The second kappa shape index (κ2) is 3.66. The van der Waals surface area contributed by atoms with Crippen LogP contribution in [0, 0.1) is 0 Å². The van der Waals surface area contributed by atoms with E-state index in [9.17, 15) is 8.78 Å². The van der Waals surface area contributed by atoms with Gasteiger partial charge in [-0.2, -0.15) is 0 Å². The number of anilines is 2. The van der Waals surface area contributed by atoms with Gasteiger partial charge in [0.25, 0.3) is 6.43 Å². The molecule has 0 fully saturated rings. The number of alkyl halides is 2. The highest BCUT2D eigenvalue weighted by Crippen LogP contribution is 2.23. The highest BCUT2D eigenvalue weighted by Gasteiger charge is 2.10. The van der Waals surface area contributed by atoms with E-state index in [0.29, 0.717) is 10.1 Å². The van der Waals surface area contributed by atoms with E-state index in [2.05, 4.69) is 4.98 Å². The van der Waals surface area contributed by atoms with Crippen LogP contribution in [0.5, 0.6) is 0 Å². The van der Waals surface area contributed by atoms with Crippen molar-refractivity contribution in [1.82, 2.24) is 4.98 Å². The molecule has 2 N–H and O–H groups in total. The van der Waals surface area contributed by atoms with E-state index in [4.69, 9.17) is 5.73 Å². The summed E-state index contributed by atoms with van der Waals surface area (Å²) in [5.41, 5.74) is 5.39. The molecule has 0 aromatic carbocycles. The van der Waals surface area contributed by atoms with Crippen molar-refractivity contribution in [2.24, 2.45) is 0 Å². The maximum absolute atomic E-state index is 11.9. The van der Waals surface area contributed by atoms with Gasteiger partial charge in [-0.25, -0.2) is 13.8 Å². The molecule has 1 aromatic rings. The molecule has 0 aliphatic carbocycles. The molecule has 1 rings (SSSR count). The van der Waals surface area contributed by atoms with Crippen LogP contribution in [0.1, 0.15) is 0 Å². The minimum absolute atomic E-state index is 0.313. The maximum atomic E-state index is 11.9. The summed E-state index contributed by atoms with van der Waals surface area (Å²) in [5, 5.41) is 1.05. The molecule has 6 heteroatoms. The van der Waals surface area contributed by atoms with Crippen LogP contribution in [-0.2, 0) is 0 Å². The van der Waals surface area contributed by atoms with Crippen LogP contribution >= 0.6 is 11.3 Å². The van der Waals surface area contributed by atoms with Gasteiger partial charge in [0.1, 0.15) is 5.00 Å². The number of nitrogens with two attached hydrogens (primary N) is 1. The molecule has 0 spiro atoms. The number of halogens is 2. The van der Waals surface area contributed by atoms with E-state index in [1.807, 2.05) is 0 Å². The van der Waals surface area contributed by atoms with Gasteiger partial charge < -0.3 is 10.6 Å². The van der Waals surface area contributed by atoms with Crippen molar-refractivity contribution < 1.29 is 8.78 Å². The van der Waals surface area contributed by atoms with E-state index >= 15 is 0 Å². The first-order chi connectivity index (χ1) is 5.59. The predicted octanol–water partition coefficient (Wildman–Crippen LogP) is 1.43. The Balaban J connectivity index is 2.58. The molecule has 0 unspecified atom stereocenters. The molecule has 3 nitrogen and oxygen atoms in total. The second-order valence-corrected chi connectivity index (χ2v) is 3.36. The summed E-state index contributed by atoms with van der Waals surface area (Å²) in [4.78, 5) is 5.24. The number of rotatable bonds is 3. The summed E-state index contributed by atoms with van der Waals surface area (Å²) in [6, 6.07) is 0. The number of thiazole rings is 1. The number of hydrogen-bond donors (Lipinski definition) is 1. The van der Waals surface area contributed by atoms with Gasteiger partial charge in [0.05, 0.1) is 12.7 Å². The van der Waals surface area contributed by atoms with Gasteiger partial charge in [-0.05, 0) is 0 Å². The highest BCUT2D eigenvalue weighted by atomic mass is 32.1. The number of nitrogens with zero attached hydrogens (tertiary/aromatic N) is 2. The summed E-state index contributed by atoms with van der Waals surface area (Å²) >= 11 is 1.20.